The third kappa shape index (κ3) is 4.95. The van der Waals surface area contributed by atoms with E-state index in [0.717, 1.165) is 76.7 Å². The van der Waals surface area contributed by atoms with Crippen molar-refractivity contribution in [1.29, 1.82) is 0 Å². The molecular formula is C49H31NO2S. The minimum Gasteiger partial charge on any atom is -0.247 e. The highest BCUT2D eigenvalue weighted by Crippen LogP contribution is 2.48. The van der Waals surface area contributed by atoms with Crippen molar-refractivity contribution in [1.82, 2.24) is 4.98 Å². The van der Waals surface area contributed by atoms with Crippen LogP contribution in [-0.2, 0) is 9.84 Å². The van der Waals surface area contributed by atoms with Gasteiger partial charge in [-0.3, -0.25) is 0 Å². The molecule has 0 radical (unpaired) electrons. The molecule has 0 unspecified atom stereocenters. The van der Waals surface area contributed by atoms with Gasteiger partial charge < -0.3 is 0 Å². The molecule has 0 fully saturated rings. The van der Waals surface area contributed by atoms with Gasteiger partial charge in [0.05, 0.1) is 21.0 Å². The SMILES string of the molecule is O=S(=O)(c1ccccc1)c1cccc(-c2c3ccccc3c(-c3cc4c(-c5ccccc5)nc5ccccc5c4c4ccccc34)c3ccccc23)c1. The highest BCUT2D eigenvalue weighted by molar-refractivity contribution is 7.91. The monoisotopic (exact) mass is 697 g/mol. The Morgan fingerprint density at radius 3 is 1.51 bits per heavy atom. The topological polar surface area (TPSA) is 47.0 Å². The van der Waals surface area contributed by atoms with Crippen molar-refractivity contribution in [2.24, 2.45) is 0 Å². The Labute approximate surface area is 307 Å². The van der Waals surface area contributed by atoms with Gasteiger partial charge in [-0.2, -0.15) is 0 Å². The van der Waals surface area contributed by atoms with Crippen LogP contribution in [0.15, 0.2) is 198 Å². The van der Waals surface area contributed by atoms with Gasteiger partial charge in [0.25, 0.3) is 0 Å². The normalized spacial score (nSPS) is 11.9. The zero-order chi connectivity index (χ0) is 35.5. The predicted molar refractivity (Wildman–Crippen MR) is 220 cm³/mol. The lowest BCUT2D eigenvalue weighted by Crippen LogP contribution is -2.02. The van der Waals surface area contributed by atoms with Crippen molar-refractivity contribution in [3.8, 4) is 33.5 Å². The average molecular weight is 698 g/mol. The zero-order valence-corrected chi connectivity index (χ0v) is 29.4. The Kier molecular flexibility index (Phi) is 7.20. The fourth-order valence-corrected chi connectivity index (χ4v) is 9.45. The summed E-state index contributed by atoms with van der Waals surface area (Å²) in [4.78, 5) is 5.85. The molecule has 0 bridgehead atoms. The maximum Gasteiger partial charge on any atom is 0.206 e. The molecule has 0 aliphatic carbocycles. The zero-order valence-electron chi connectivity index (χ0n) is 28.6. The van der Waals surface area contributed by atoms with E-state index in [-0.39, 0.29) is 9.79 Å². The number of aromatic nitrogens is 1. The number of sulfone groups is 1. The lowest BCUT2D eigenvalue weighted by molar-refractivity contribution is 0.596. The van der Waals surface area contributed by atoms with E-state index in [1.807, 2.05) is 30.3 Å². The molecule has 0 aliphatic heterocycles. The van der Waals surface area contributed by atoms with E-state index in [4.69, 9.17) is 4.98 Å². The summed E-state index contributed by atoms with van der Waals surface area (Å²) in [5, 5.41) is 10.0. The van der Waals surface area contributed by atoms with Gasteiger partial charge in [0.2, 0.25) is 9.84 Å². The van der Waals surface area contributed by atoms with Crippen LogP contribution in [-0.4, -0.2) is 13.4 Å². The Bertz CT molecular complexity index is 3120. The predicted octanol–water partition coefficient (Wildman–Crippen LogP) is 12.7. The molecule has 0 N–H and O–H groups in total. The van der Waals surface area contributed by atoms with Gasteiger partial charge in [0.15, 0.2) is 0 Å². The lowest BCUT2D eigenvalue weighted by atomic mass is 9.83. The summed E-state index contributed by atoms with van der Waals surface area (Å²) in [5.74, 6) is 0. The highest BCUT2D eigenvalue weighted by Gasteiger charge is 2.23. The van der Waals surface area contributed by atoms with E-state index in [2.05, 4.69) is 127 Å². The van der Waals surface area contributed by atoms with Crippen LogP contribution in [0.5, 0.6) is 0 Å². The number of nitrogens with zero attached hydrogens (tertiary/aromatic N) is 1. The fraction of sp³-hybridized carbons (Fsp3) is 0. The van der Waals surface area contributed by atoms with Crippen molar-refractivity contribution in [2.75, 3.05) is 0 Å². The summed E-state index contributed by atoms with van der Waals surface area (Å²) >= 11 is 0. The van der Waals surface area contributed by atoms with Gasteiger partial charge in [0.1, 0.15) is 0 Å². The molecule has 0 spiro atoms. The van der Waals surface area contributed by atoms with E-state index < -0.39 is 9.84 Å². The number of rotatable bonds is 5. The maximum atomic E-state index is 13.8. The van der Waals surface area contributed by atoms with Crippen LogP contribution < -0.4 is 0 Å². The van der Waals surface area contributed by atoms with E-state index in [1.54, 1.807) is 30.3 Å². The summed E-state index contributed by atoms with van der Waals surface area (Å²) in [7, 11) is -3.72. The first-order chi connectivity index (χ1) is 26.1. The molecule has 10 rings (SSSR count). The van der Waals surface area contributed by atoms with Gasteiger partial charge in [0, 0.05) is 21.7 Å². The first kappa shape index (κ1) is 31.1. The van der Waals surface area contributed by atoms with Crippen LogP contribution >= 0.6 is 0 Å². The first-order valence-corrected chi connectivity index (χ1v) is 19.2. The molecule has 53 heavy (non-hydrogen) atoms. The molecule has 0 amide bonds. The third-order valence-corrected chi connectivity index (χ3v) is 12.2. The Balaban J connectivity index is 1.32. The lowest BCUT2D eigenvalue weighted by Gasteiger charge is -2.21. The van der Waals surface area contributed by atoms with Crippen LogP contribution in [0.25, 0.3) is 87.5 Å². The molecule has 3 nitrogen and oxygen atoms in total. The number of para-hydroxylation sites is 1. The van der Waals surface area contributed by atoms with Crippen LogP contribution in [0.3, 0.4) is 0 Å². The largest absolute Gasteiger partial charge is 0.247 e. The molecule has 0 saturated carbocycles. The van der Waals surface area contributed by atoms with Crippen LogP contribution in [0.2, 0.25) is 0 Å². The highest BCUT2D eigenvalue weighted by atomic mass is 32.2. The van der Waals surface area contributed by atoms with Crippen molar-refractivity contribution >= 4 is 63.8 Å². The van der Waals surface area contributed by atoms with Gasteiger partial charge in [-0.15, -0.1) is 0 Å². The fourth-order valence-electron chi connectivity index (χ4n) is 8.12. The van der Waals surface area contributed by atoms with Crippen molar-refractivity contribution in [3.63, 3.8) is 0 Å². The van der Waals surface area contributed by atoms with E-state index in [9.17, 15) is 8.42 Å². The Morgan fingerprint density at radius 2 is 0.849 bits per heavy atom. The summed E-state index contributed by atoms with van der Waals surface area (Å²) < 4.78 is 27.6. The molecule has 250 valence electrons. The number of hydrogen-bond acceptors (Lipinski definition) is 3. The van der Waals surface area contributed by atoms with Crippen LogP contribution in [0.1, 0.15) is 0 Å². The second-order valence-electron chi connectivity index (χ2n) is 13.4. The Morgan fingerprint density at radius 1 is 0.358 bits per heavy atom. The average Bonchev–Trinajstić information content (AvgIpc) is 3.22. The minimum atomic E-state index is -3.72. The van der Waals surface area contributed by atoms with Crippen molar-refractivity contribution < 1.29 is 8.42 Å². The van der Waals surface area contributed by atoms with Crippen LogP contribution in [0.4, 0.5) is 0 Å². The van der Waals surface area contributed by atoms with E-state index in [1.165, 1.54) is 10.8 Å². The number of fused-ring (bicyclic) bond motifs is 7. The van der Waals surface area contributed by atoms with E-state index in [0.29, 0.717) is 0 Å². The first-order valence-electron chi connectivity index (χ1n) is 17.7. The minimum absolute atomic E-state index is 0.270. The summed E-state index contributed by atoms with van der Waals surface area (Å²) in [6.07, 6.45) is 0. The van der Waals surface area contributed by atoms with E-state index >= 15 is 0 Å². The van der Waals surface area contributed by atoms with Crippen LogP contribution in [0, 0.1) is 0 Å². The van der Waals surface area contributed by atoms with Gasteiger partial charge in [-0.25, -0.2) is 13.4 Å². The van der Waals surface area contributed by atoms with Gasteiger partial charge >= 0.3 is 0 Å². The smallest absolute Gasteiger partial charge is 0.206 e. The summed E-state index contributed by atoms with van der Waals surface area (Å²) in [5.41, 5.74) is 7.11. The Hall–Kier alpha value is -6.62. The molecule has 10 aromatic rings. The maximum absolute atomic E-state index is 13.8. The molecule has 9 aromatic carbocycles. The van der Waals surface area contributed by atoms with Crippen molar-refractivity contribution in [2.45, 2.75) is 9.79 Å². The summed E-state index contributed by atoms with van der Waals surface area (Å²) in [6, 6.07) is 63.0. The quantitative estimate of drug-likeness (QED) is 0.133. The number of hydrogen-bond donors (Lipinski definition) is 0. The number of pyridine rings is 1. The molecule has 0 saturated heterocycles. The number of benzene rings is 9. The molecule has 0 atom stereocenters. The summed E-state index contributed by atoms with van der Waals surface area (Å²) in [6.45, 7) is 0. The molecule has 1 heterocycles. The molecule has 1 aromatic heterocycles. The standard InChI is InChI=1S/C49H31NO2S/c51-53(52,34-19-5-2-6-20-34)35-21-15-18-33(30-35)46-38-24-9-11-26-40(38)47(41-27-12-10-25-39(41)46)43-31-44-48(37-23-8-7-22-36(37)43)42-28-13-14-29-45(42)50-49(44)32-16-3-1-4-17-32/h1-31H. The van der Waals surface area contributed by atoms with Gasteiger partial charge in [-0.1, -0.05) is 152 Å². The molecule has 4 heteroatoms. The van der Waals surface area contributed by atoms with Crippen molar-refractivity contribution in [3.05, 3.63) is 188 Å². The second kappa shape index (κ2) is 12.3. The third-order valence-electron chi connectivity index (χ3n) is 10.4. The molecule has 0 aliphatic rings. The second-order valence-corrected chi connectivity index (χ2v) is 15.4. The molecular weight excluding hydrogens is 667 g/mol. The van der Waals surface area contributed by atoms with Gasteiger partial charge in [-0.05, 0) is 91.0 Å².